The topological polar surface area (TPSA) is 51.9 Å². The molecular weight excluding hydrogens is 379 g/mol. The number of anilines is 1. The van der Waals surface area contributed by atoms with Crippen LogP contribution in [0.5, 0.6) is 0 Å². The quantitative estimate of drug-likeness (QED) is 0.528. The van der Waals surface area contributed by atoms with Crippen molar-refractivity contribution in [3.05, 3.63) is 95.2 Å². The molecule has 4 aromatic rings. The largest absolute Gasteiger partial charge is 0.320 e. The number of hydrogen-bond donors (Lipinski definition) is 1. The Labute approximate surface area is 166 Å². The van der Waals surface area contributed by atoms with Crippen LogP contribution in [0.25, 0.3) is 11.5 Å². The summed E-state index contributed by atoms with van der Waals surface area (Å²) in [5, 5.41) is 7.59. The van der Waals surface area contributed by atoms with Crippen molar-refractivity contribution >= 4 is 23.2 Å². The molecule has 2 aromatic heterocycles. The highest BCUT2D eigenvalue weighted by molar-refractivity contribution is 6.34. The minimum atomic E-state index is -0.385. The van der Waals surface area contributed by atoms with Gasteiger partial charge >= 0.3 is 0 Å². The molecule has 2 aromatic carbocycles. The summed E-state index contributed by atoms with van der Waals surface area (Å²) in [6.07, 6.45) is 5.04. The molecule has 0 fully saturated rings. The van der Waals surface area contributed by atoms with Crippen molar-refractivity contribution in [2.75, 3.05) is 5.32 Å². The fourth-order valence-corrected chi connectivity index (χ4v) is 3.22. The van der Waals surface area contributed by atoms with E-state index in [1.165, 1.54) is 23.0 Å². The average Bonchev–Trinajstić information content (AvgIpc) is 3.32. The Morgan fingerprint density at radius 3 is 2.61 bits per heavy atom. The normalized spacial score (nSPS) is 10.8. The number of carbonyl (C=O) groups is 1. The first-order valence-corrected chi connectivity index (χ1v) is 8.95. The second-order valence-electron chi connectivity index (χ2n) is 6.30. The summed E-state index contributed by atoms with van der Waals surface area (Å²) in [6, 6.07) is 15.1. The van der Waals surface area contributed by atoms with E-state index in [9.17, 15) is 9.18 Å². The molecule has 140 valence electrons. The predicted octanol–water partition coefficient (Wildman–Crippen LogP) is 5.02. The van der Waals surface area contributed by atoms with E-state index in [2.05, 4.69) is 10.4 Å². The maximum absolute atomic E-state index is 13.7. The summed E-state index contributed by atoms with van der Waals surface area (Å²) in [4.78, 5) is 13.0. The number of amides is 1. The van der Waals surface area contributed by atoms with Crippen LogP contribution in [0.2, 0.25) is 5.02 Å². The van der Waals surface area contributed by atoms with Gasteiger partial charge in [0.25, 0.3) is 5.91 Å². The van der Waals surface area contributed by atoms with Gasteiger partial charge < -0.3 is 9.88 Å². The second kappa shape index (κ2) is 7.32. The first-order valence-electron chi connectivity index (χ1n) is 8.58. The van der Waals surface area contributed by atoms with Crippen LogP contribution >= 0.6 is 11.6 Å². The molecule has 0 radical (unpaired) electrons. The Balaban J connectivity index is 1.78. The number of benzene rings is 2. The number of nitrogens with zero attached hydrogens (tertiary/aromatic N) is 3. The van der Waals surface area contributed by atoms with Gasteiger partial charge in [0.2, 0.25) is 0 Å². The molecule has 0 saturated heterocycles. The van der Waals surface area contributed by atoms with Crippen LogP contribution in [0, 0.1) is 12.7 Å². The van der Waals surface area contributed by atoms with Gasteiger partial charge in [-0.1, -0.05) is 23.7 Å². The van der Waals surface area contributed by atoms with Crippen molar-refractivity contribution in [3.63, 3.8) is 0 Å². The first kappa shape index (κ1) is 18.0. The van der Waals surface area contributed by atoms with E-state index >= 15 is 0 Å². The highest BCUT2D eigenvalue weighted by Crippen LogP contribution is 2.25. The van der Waals surface area contributed by atoms with Crippen LogP contribution in [-0.2, 0) is 0 Å². The van der Waals surface area contributed by atoms with Crippen LogP contribution in [0.4, 0.5) is 10.1 Å². The SMILES string of the molecule is Cc1ccc(NC(=O)c2cnn(-c3cccc(F)c3)c2-n2cccc2)c(Cl)c1. The van der Waals surface area contributed by atoms with Crippen LogP contribution in [0.15, 0.2) is 73.2 Å². The standard InChI is InChI=1S/C21H16ClFN4O/c1-14-7-8-19(18(22)11-14)25-20(28)17-13-24-27(16-6-4-5-15(23)12-16)21(17)26-9-2-3-10-26/h2-13H,1H3,(H,25,28). The van der Waals surface area contributed by atoms with Crippen molar-refractivity contribution in [1.29, 1.82) is 0 Å². The number of halogens is 2. The number of aryl methyl sites for hydroxylation is 1. The molecule has 0 aliphatic rings. The maximum atomic E-state index is 13.7. The molecule has 0 aliphatic carbocycles. The van der Waals surface area contributed by atoms with Gasteiger partial charge in [0.05, 0.1) is 22.6 Å². The Morgan fingerprint density at radius 2 is 1.89 bits per heavy atom. The van der Waals surface area contributed by atoms with E-state index < -0.39 is 0 Å². The van der Waals surface area contributed by atoms with Gasteiger partial charge in [0, 0.05) is 12.4 Å². The van der Waals surface area contributed by atoms with Crippen molar-refractivity contribution < 1.29 is 9.18 Å². The lowest BCUT2D eigenvalue weighted by Gasteiger charge is -2.12. The Bertz CT molecular complexity index is 1150. The zero-order chi connectivity index (χ0) is 19.7. The molecule has 0 aliphatic heterocycles. The molecule has 1 amide bonds. The van der Waals surface area contributed by atoms with E-state index in [1.807, 2.05) is 25.1 Å². The van der Waals surface area contributed by atoms with E-state index in [0.29, 0.717) is 27.8 Å². The first-order chi connectivity index (χ1) is 13.5. The summed E-state index contributed by atoms with van der Waals surface area (Å²) in [5.74, 6) is -0.252. The fraction of sp³-hybridized carbons (Fsp3) is 0.0476. The molecule has 0 spiro atoms. The highest BCUT2D eigenvalue weighted by Gasteiger charge is 2.21. The van der Waals surface area contributed by atoms with Crippen LogP contribution in [0.1, 0.15) is 15.9 Å². The Kier molecular flexibility index (Phi) is 4.71. The number of aromatic nitrogens is 3. The maximum Gasteiger partial charge on any atom is 0.261 e. The predicted molar refractivity (Wildman–Crippen MR) is 107 cm³/mol. The highest BCUT2D eigenvalue weighted by atomic mass is 35.5. The van der Waals surface area contributed by atoms with E-state index in [1.54, 1.807) is 41.2 Å². The van der Waals surface area contributed by atoms with Crippen molar-refractivity contribution in [2.24, 2.45) is 0 Å². The van der Waals surface area contributed by atoms with Crippen molar-refractivity contribution in [1.82, 2.24) is 14.3 Å². The minimum absolute atomic E-state index is 0.331. The molecule has 0 unspecified atom stereocenters. The van der Waals surface area contributed by atoms with Gasteiger partial charge in [0.15, 0.2) is 5.82 Å². The number of hydrogen-bond acceptors (Lipinski definition) is 2. The minimum Gasteiger partial charge on any atom is -0.320 e. The van der Waals surface area contributed by atoms with Gasteiger partial charge in [-0.2, -0.15) is 5.10 Å². The molecule has 1 N–H and O–H groups in total. The van der Waals surface area contributed by atoms with Gasteiger partial charge in [-0.15, -0.1) is 0 Å². The third-order valence-corrected chi connectivity index (χ3v) is 4.58. The molecule has 0 bridgehead atoms. The summed E-state index contributed by atoms with van der Waals surface area (Å²) >= 11 is 6.24. The third-order valence-electron chi connectivity index (χ3n) is 4.26. The Hall–Kier alpha value is -3.38. The van der Waals surface area contributed by atoms with E-state index in [0.717, 1.165) is 5.56 Å². The molecule has 7 heteroatoms. The fourth-order valence-electron chi connectivity index (χ4n) is 2.93. The van der Waals surface area contributed by atoms with Crippen molar-refractivity contribution in [2.45, 2.75) is 6.92 Å². The number of rotatable bonds is 4. The molecular formula is C21H16ClFN4O. The van der Waals surface area contributed by atoms with Gasteiger partial charge in [-0.05, 0) is 55.0 Å². The molecule has 4 rings (SSSR count). The molecule has 2 heterocycles. The van der Waals surface area contributed by atoms with Gasteiger partial charge in [-0.25, -0.2) is 9.07 Å². The number of nitrogens with one attached hydrogen (secondary N) is 1. The van der Waals surface area contributed by atoms with Crippen LogP contribution in [-0.4, -0.2) is 20.3 Å². The number of carbonyl (C=O) groups excluding carboxylic acids is 1. The lowest BCUT2D eigenvalue weighted by atomic mass is 10.2. The van der Waals surface area contributed by atoms with E-state index in [-0.39, 0.29) is 11.7 Å². The van der Waals surface area contributed by atoms with Crippen LogP contribution in [0.3, 0.4) is 0 Å². The van der Waals surface area contributed by atoms with Gasteiger partial charge in [0.1, 0.15) is 11.4 Å². The molecule has 5 nitrogen and oxygen atoms in total. The lowest BCUT2D eigenvalue weighted by molar-refractivity contribution is 0.102. The molecule has 0 atom stereocenters. The zero-order valence-corrected chi connectivity index (χ0v) is 15.7. The summed E-state index contributed by atoms with van der Waals surface area (Å²) in [7, 11) is 0. The van der Waals surface area contributed by atoms with Crippen molar-refractivity contribution in [3.8, 4) is 11.5 Å². The average molecular weight is 395 g/mol. The summed E-state index contributed by atoms with van der Waals surface area (Å²) in [5.41, 5.74) is 2.34. The zero-order valence-electron chi connectivity index (χ0n) is 14.9. The summed E-state index contributed by atoms with van der Waals surface area (Å²) in [6.45, 7) is 1.92. The summed E-state index contributed by atoms with van der Waals surface area (Å²) < 4.78 is 17.0. The molecule has 28 heavy (non-hydrogen) atoms. The van der Waals surface area contributed by atoms with E-state index in [4.69, 9.17) is 11.6 Å². The molecule has 0 saturated carbocycles. The Morgan fingerprint density at radius 1 is 1.11 bits per heavy atom. The second-order valence-corrected chi connectivity index (χ2v) is 6.71. The third kappa shape index (κ3) is 3.42. The lowest BCUT2D eigenvalue weighted by Crippen LogP contribution is -2.15. The monoisotopic (exact) mass is 394 g/mol. The van der Waals surface area contributed by atoms with Crippen LogP contribution < -0.4 is 5.32 Å². The smallest absolute Gasteiger partial charge is 0.261 e. The van der Waals surface area contributed by atoms with Gasteiger partial charge in [-0.3, -0.25) is 4.79 Å².